The largest absolute Gasteiger partial charge is 0.324 e. The van der Waals surface area contributed by atoms with Gasteiger partial charge in [-0.05, 0) is 59.0 Å². The third kappa shape index (κ3) is 3.98. The fourth-order valence-corrected chi connectivity index (χ4v) is 2.71. The molecule has 1 atom stereocenters. The fraction of sp³-hybridized carbons (Fsp3) is 0.100. The highest BCUT2D eigenvalue weighted by Crippen LogP contribution is 2.25. The molecule has 0 radical (unpaired) electrons. The second-order valence-corrected chi connectivity index (χ2v) is 6.01. The van der Waals surface area contributed by atoms with E-state index < -0.39 is 0 Å². The first-order valence-corrected chi connectivity index (χ1v) is 7.85. The lowest BCUT2D eigenvalue weighted by molar-refractivity contribution is 0.625. The predicted molar refractivity (Wildman–Crippen MR) is 93.9 cm³/mol. The number of halogens is 2. The summed E-state index contributed by atoms with van der Waals surface area (Å²) in [5, 5.41) is 0.720. The van der Waals surface area contributed by atoms with Gasteiger partial charge in [-0.2, -0.15) is 0 Å². The van der Waals surface area contributed by atoms with Crippen LogP contribution in [0.15, 0.2) is 72.8 Å². The van der Waals surface area contributed by atoms with E-state index in [1.165, 1.54) is 12.1 Å². The minimum atomic E-state index is -0.230. The molecule has 0 aliphatic carbocycles. The number of nitrogens with two attached hydrogens (primary N) is 1. The molecule has 0 bridgehead atoms. The van der Waals surface area contributed by atoms with Crippen LogP contribution < -0.4 is 5.73 Å². The minimum Gasteiger partial charge on any atom is -0.324 e. The Morgan fingerprint density at radius 2 is 1.57 bits per heavy atom. The Hall–Kier alpha value is -2.16. The topological polar surface area (TPSA) is 26.0 Å². The third-order valence-electron chi connectivity index (χ3n) is 3.86. The van der Waals surface area contributed by atoms with Gasteiger partial charge in [0.1, 0.15) is 5.82 Å². The number of hydrogen-bond acceptors (Lipinski definition) is 1. The van der Waals surface area contributed by atoms with Crippen molar-refractivity contribution in [1.82, 2.24) is 0 Å². The van der Waals surface area contributed by atoms with Crippen molar-refractivity contribution in [2.24, 2.45) is 5.73 Å². The molecule has 3 heteroatoms. The van der Waals surface area contributed by atoms with Crippen LogP contribution in [0.25, 0.3) is 11.1 Å². The van der Waals surface area contributed by atoms with Crippen LogP contribution in [0.2, 0.25) is 5.02 Å². The molecule has 0 amide bonds. The molecule has 1 unspecified atom stereocenters. The minimum absolute atomic E-state index is 0.132. The van der Waals surface area contributed by atoms with E-state index in [0.29, 0.717) is 6.42 Å². The van der Waals surface area contributed by atoms with Crippen molar-refractivity contribution in [3.05, 3.63) is 94.8 Å². The first kappa shape index (κ1) is 15.7. The van der Waals surface area contributed by atoms with E-state index in [1.807, 2.05) is 36.4 Å². The van der Waals surface area contributed by atoms with E-state index in [-0.39, 0.29) is 11.9 Å². The summed E-state index contributed by atoms with van der Waals surface area (Å²) in [7, 11) is 0. The molecule has 0 aromatic heterocycles. The summed E-state index contributed by atoms with van der Waals surface area (Å²) in [5.41, 5.74) is 10.6. The molecule has 0 saturated carbocycles. The lowest BCUT2D eigenvalue weighted by Gasteiger charge is -2.14. The van der Waals surface area contributed by atoms with E-state index in [0.717, 1.165) is 27.3 Å². The van der Waals surface area contributed by atoms with Crippen molar-refractivity contribution >= 4 is 11.6 Å². The summed E-state index contributed by atoms with van der Waals surface area (Å²) in [4.78, 5) is 0. The van der Waals surface area contributed by atoms with Crippen LogP contribution in [0.1, 0.15) is 17.2 Å². The summed E-state index contributed by atoms with van der Waals surface area (Å²) >= 11 is 5.94. The van der Waals surface area contributed by atoms with Crippen LogP contribution in [-0.4, -0.2) is 0 Å². The zero-order chi connectivity index (χ0) is 16.2. The average Bonchev–Trinajstić information content (AvgIpc) is 2.58. The van der Waals surface area contributed by atoms with Gasteiger partial charge in [-0.25, -0.2) is 4.39 Å². The Kier molecular flexibility index (Phi) is 4.75. The van der Waals surface area contributed by atoms with Gasteiger partial charge in [-0.15, -0.1) is 0 Å². The van der Waals surface area contributed by atoms with Crippen LogP contribution >= 0.6 is 11.6 Å². The third-order valence-corrected chi connectivity index (χ3v) is 4.11. The van der Waals surface area contributed by atoms with Gasteiger partial charge >= 0.3 is 0 Å². The maximum atomic E-state index is 13.0. The second kappa shape index (κ2) is 6.95. The van der Waals surface area contributed by atoms with Gasteiger partial charge in [0.15, 0.2) is 0 Å². The quantitative estimate of drug-likeness (QED) is 0.684. The molecule has 0 fully saturated rings. The summed E-state index contributed by atoms with van der Waals surface area (Å²) in [6.45, 7) is 0. The first-order valence-electron chi connectivity index (χ1n) is 7.48. The molecule has 0 spiro atoms. The highest BCUT2D eigenvalue weighted by molar-refractivity contribution is 6.30. The molecule has 116 valence electrons. The van der Waals surface area contributed by atoms with Gasteiger partial charge in [0, 0.05) is 11.1 Å². The molecule has 3 aromatic rings. The van der Waals surface area contributed by atoms with Crippen molar-refractivity contribution in [2.75, 3.05) is 0 Å². The van der Waals surface area contributed by atoms with E-state index >= 15 is 0 Å². The normalized spacial score (nSPS) is 12.1. The Bertz CT molecular complexity index is 781. The van der Waals surface area contributed by atoms with Crippen LogP contribution in [0.3, 0.4) is 0 Å². The molecule has 0 saturated heterocycles. The van der Waals surface area contributed by atoms with Crippen LogP contribution in [0.4, 0.5) is 4.39 Å². The molecule has 0 aliphatic heterocycles. The fourth-order valence-electron chi connectivity index (χ4n) is 2.58. The monoisotopic (exact) mass is 325 g/mol. The maximum Gasteiger partial charge on any atom is 0.123 e. The summed E-state index contributed by atoms with van der Waals surface area (Å²) in [6.07, 6.45) is 0.671. The zero-order valence-electron chi connectivity index (χ0n) is 12.5. The molecule has 1 nitrogen and oxygen atoms in total. The maximum absolute atomic E-state index is 13.0. The highest BCUT2D eigenvalue weighted by Gasteiger charge is 2.09. The molecule has 0 heterocycles. The van der Waals surface area contributed by atoms with Crippen LogP contribution in [-0.2, 0) is 6.42 Å². The zero-order valence-corrected chi connectivity index (χ0v) is 13.3. The number of rotatable bonds is 4. The molecular weight excluding hydrogens is 309 g/mol. The average molecular weight is 326 g/mol. The molecular formula is C20H17ClFN. The number of benzene rings is 3. The van der Waals surface area contributed by atoms with E-state index in [9.17, 15) is 4.39 Å². The van der Waals surface area contributed by atoms with Gasteiger partial charge in [-0.1, -0.05) is 54.1 Å². The lowest BCUT2D eigenvalue weighted by atomic mass is 9.96. The Morgan fingerprint density at radius 3 is 2.26 bits per heavy atom. The molecule has 3 rings (SSSR count). The van der Waals surface area contributed by atoms with Gasteiger partial charge in [0.2, 0.25) is 0 Å². The van der Waals surface area contributed by atoms with Crippen molar-refractivity contribution in [3.63, 3.8) is 0 Å². The van der Waals surface area contributed by atoms with Crippen molar-refractivity contribution < 1.29 is 4.39 Å². The van der Waals surface area contributed by atoms with Crippen molar-refractivity contribution in [2.45, 2.75) is 12.5 Å². The van der Waals surface area contributed by atoms with E-state index in [2.05, 4.69) is 12.1 Å². The molecule has 2 N–H and O–H groups in total. The van der Waals surface area contributed by atoms with Gasteiger partial charge in [-0.3, -0.25) is 0 Å². The SMILES string of the molecule is NC(Cc1ccc(F)cc1)c1cccc(-c2ccc(Cl)cc2)c1. The number of hydrogen-bond donors (Lipinski definition) is 1. The highest BCUT2D eigenvalue weighted by atomic mass is 35.5. The van der Waals surface area contributed by atoms with Crippen LogP contribution in [0, 0.1) is 5.82 Å². The summed E-state index contributed by atoms with van der Waals surface area (Å²) < 4.78 is 13.0. The Morgan fingerprint density at radius 1 is 0.870 bits per heavy atom. The summed E-state index contributed by atoms with van der Waals surface area (Å²) in [6, 6.07) is 22.3. The lowest BCUT2D eigenvalue weighted by Crippen LogP contribution is -2.13. The standard InChI is InChI=1S/C20H17ClFN/c21-18-8-6-15(7-9-18)16-2-1-3-17(13-16)20(23)12-14-4-10-19(22)11-5-14/h1-11,13,20H,12,23H2. The Balaban J connectivity index is 1.81. The second-order valence-electron chi connectivity index (χ2n) is 5.57. The molecule has 0 aliphatic rings. The molecule has 23 heavy (non-hydrogen) atoms. The van der Waals surface area contributed by atoms with E-state index in [4.69, 9.17) is 17.3 Å². The van der Waals surface area contributed by atoms with Crippen molar-refractivity contribution in [1.29, 1.82) is 0 Å². The summed E-state index contributed by atoms with van der Waals surface area (Å²) in [5.74, 6) is -0.230. The first-order chi connectivity index (χ1) is 11.1. The smallest absolute Gasteiger partial charge is 0.123 e. The van der Waals surface area contributed by atoms with Gasteiger partial charge < -0.3 is 5.73 Å². The van der Waals surface area contributed by atoms with Gasteiger partial charge in [0.05, 0.1) is 0 Å². The van der Waals surface area contributed by atoms with Gasteiger partial charge in [0.25, 0.3) is 0 Å². The van der Waals surface area contributed by atoms with Crippen molar-refractivity contribution in [3.8, 4) is 11.1 Å². The van der Waals surface area contributed by atoms with E-state index in [1.54, 1.807) is 12.1 Å². The predicted octanol–water partition coefficient (Wildman–Crippen LogP) is 5.39. The molecule has 3 aromatic carbocycles. The Labute approximate surface area is 140 Å². The van der Waals surface area contributed by atoms with Crippen LogP contribution in [0.5, 0.6) is 0 Å².